The monoisotopic (exact) mass is 272 g/mol. The Morgan fingerprint density at radius 3 is 1.80 bits per heavy atom. The number of fused-ring (bicyclic) bond motifs is 2. The van der Waals surface area contributed by atoms with Gasteiger partial charge in [0.15, 0.2) is 0 Å². The van der Waals surface area contributed by atoms with E-state index in [1.165, 1.54) is 6.07 Å². The van der Waals surface area contributed by atoms with Crippen molar-refractivity contribution in [3.63, 3.8) is 0 Å². The summed E-state index contributed by atoms with van der Waals surface area (Å²) in [5.74, 6) is 0. The Labute approximate surface area is 111 Å². The predicted octanol–water partition coefficient (Wildman–Crippen LogP) is 0.308. The minimum Gasteiger partial charge on any atom is -0.288 e. The van der Waals surface area contributed by atoms with E-state index in [2.05, 4.69) is 9.97 Å². The number of nitrogens with one attached hydrogen (secondary N) is 2. The molecule has 6 heteroatoms. The summed E-state index contributed by atoms with van der Waals surface area (Å²) >= 11 is 0. The van der Waals surface area contributed by atoms with Crippen LogP contribution in [-0.4, -0.2) is 9.97 Å². The second-order valence-corrected chi connectivity index (χ2v) is 4.87. The van der Waals surface area contributed by atoms with E-state index in [9.17, 15) is 19.2 Å². The van der Waals surface area contributed by atoms with Crippen molar-refractivity contribution in [2.75, 3.05) is 0 Å². The van der Waals surface area contributed by atoms with Crippen molar-refractivity contribution in [3.05, 3.63) is 53.0 Å². The zero-order valence-corrected chi connectivity index (χ0v) is 10.8. The lowest BCUT2D eigenvalue weighted by atomic mass is 9.98. The largest absolute Gasteiger partial charge is 0.288 e. The first-order valence-electron chi connectivity index (χ1n) is 6.45. The molecule has 3 aromatic rings. The SMILES string of the molecule is CCCCc1c2c(=O)[nH]c(=O)c2cc2c(=O)[nH]c(=O)c12. The fourth-order valence-electron chi connectivity index (χ4n) is 2.69. The Morgan fingerprint density at radius 2 is 1.35 bits per heavy atom. The molecule has 6 nitrogen and oxygen atoms in total. The van der Waals surface area contributed by atoms with E-state index in [0.29, 0.717) is 12.0 Å². The molecule has 0 unspecified atom stereocenters. The van der Waals surface area contributed by atoms with E-state index in [-0.39, 0.29) is 21.5 Å². The Kier molecular flexibility index (Phi) is 2.67. The summed E-state index contributed by atoms with van der Waals surface area (Å²) in [6.07, 6.45) is 2.14. The van der Waals surface area contributed by atoms with Gasteiger partial charge in [-0.25, -0.2) is 0 Å². The number of hydrogen-bond donors (Lipinski definition) is 2. The minimum atomic E-state index is -0.516. The molecule has 1 aromatic carbocycles. The molecule has 3 rings (SSSR count). The highest BCUT2D eigenvalue weighted by Gasteiger charge is 2.19. The highest BCUT2D eigenvalue weighted by molar-refractivity contribution is 6.01. The molecular weight excluding hydrogens is 260 g/mol. The summed E-state index contributed by atoms with van der Waals surface area (Å²) < 4.78 is 0. The standard InChI is InChI=1S/C14H12N2O4/c1-2-3-4-6-9-7(11(17)15-13(9)19)5-8-10(6)14(20)16-12(8)18/h5H,2-4H2,1H3,(H,15,17,19)(H,16,18,20). The van der Waals surface area contributed by atoms with E-state index >= 15 is 0 Å². The van der Waals surface area contributed by atoms with Gasteiger partial charge in [0.25, 0.3) is 22.2 Å². The van der Waals surface area contributed by atoms with Gasteiger partial charge in [-0.2, -0.15) is 0 Å². The molecule has 0 saturated carbocycles. The molecule has 2 heterocycles. The zero-order valence-electron chi connectivity index (χ0n) is 10.8. The van der Waals surface area contributed by atoms with Crippen LogP contribution >= 0.6 is 0 Å². The fraction of sp³-hybridized carbons (Fsp3) is 0.286. The van der Waals surface area contributed by atoms with Gasteiger partial charge in [-0.15, -0.1) is 0 Å². The van der Waals surface area contributed by atoms with Crippen molar-refractivity contribution < 1.29 is 0 Å². The first kappa shape index (κ1) is 12.5. The van der Waals surface area contributed by atoms with E-state index in [4.69, 9.17) is 0 Å². The second-order valence-electron chi connectivity index (χ2n) is 4.87. The highest BCUT2D eigenvalue weighted by Crippen LogP contribution is 2.22. The maximum Gasteiger partial charge on any atom is 0.259 e. The van der Waals surface area contributed by atoms with Crippen LogP contribution in [0, 0.1) is 0 Å². The lowest BCUT2D eigenvalue weighted by molar-refractivity contribution is 0.802. The summed E-state index contributed by atoms with van der Waals surface area (Å²) in [7, 11) is 0. The third-order valence-electron chi connectivity index (χ3n) is 3.61. The van der Waals surface area contributed by atoms with Gasteiger partial charge >= 0.3 is 0 Å². The lowest BCUT2D eigenvalue weighted by Crippen LogP contribution is -2.08. The maximum atomic E-state index is 11.9. The molecule has 0 aliphatic heterocycles. The van der Waals surface area contributed by atoms with E-state index < -0.39 is 22.2 Å². The lowest BCUT2D eigenvalue weighted by Gasteiger charge is -2.02. The molecular formula is C14H12N2O4. The van der Waals surface area contributed by atoms with Gasteiger partial charge in [0.2, 0.25) is 0 Å². The summed E-state index contributed by atoms with van der Waals surface area (Å²) in [4.78, 5) is 51.7. The molecule has 0 aliphatic carbocycles. The van der Waals surface area contributed by atoms with Crippen LogP contribution in [0.1, 0.15) is 25.3 Å². The van der Waals surface area contributed by atoms with Crippen LogP contribution in [0.3, 0.4) is 0 Å². The molecule has 0 bridgehead atoms. The van der Waals surface area contributed by atoms with Gasteiger partial charge in [0.1, 0.15) is 0 Å². The molecule has 0 atom stereocenters. The van der Waals surface area contributed by atoms with Crippen LogP contribution in [0.2, 0.25) is 0 Å². The summed E-state index contributed by atoms with van der Waals surface area (Å²) in [6.45, 7) is 1.99. The first-order chi connectivity index (χ1) is 9.54. The molecule has 0 radical (unpaired) electrons. The van der Waals surface area contributed by atoms with Gasteiger partial charge in [0, 0.05) is 0 Å². The molecule has 20 heavy (non-hydrogen) atoms. The van der Waals surface area contributed by atoms with Gasteiger partial charge in [-0.1, -0.05) is 13.3 Å². The number of aromatic nitrogens is 2. The summed E-state index contributed by atoms with van der Waals surface area (Å²) in [6, 6.07) is 1.33. The normalized spacial score (nSPS) is 11.7. The molecule has 2 aromatic heterocycles. The quantitative estimate of drug-likeness (QED) is 0.716. The van der Waals surface area contributed by atoms with Crippen molar-refractivity contribution in [1.29, 1.82) is 0 Å². The van der Waals surface area contributed by atoms with E-state index in [1.807, 2.05) is 6.92 Å². The Bertz CT molecular complexity index is 939. The Hall–Kier alpha value is -2.50. The van der Waals surface area contributed by atoms with Crippen LogP contribution in [0.15, 0.2) is 25.2 Å². The van der Waals surface area contributed by atoms with Crippen molar-refractivity contribution in [3.8, 4) is 0 Å². The van der Waals surface area contributed by atoms with Crippen LogP contribution < -0.4 is 22.2 Å². The van der Waals surface area contributed by atoms with Gasteiger partial charge in [-0.3, -0.25) is 29.1 Å². The number of aryl methyl sites for hydroxylation is 1. The number of aromatic amines is 2. The fourth-order valence-corrected chi connectivity index (χ4v) is 2.69. The van der Waals surface area contributed by atoms with Crippen LogP contribution in [0.4, 0.5) is 0 Å². The van der Waals surface area contributed by atoms with Crippen molar-refractivity contribution >= 4 is 21.5 Å². The third kappa shape index (κ3) is 1.57. The third-order valence-corrected chi connectivity index (χ3v) is 3.61. The molecule has 0 fully saturated rings. The maximum absolute atomic E-state index is 11.9. The first-order valence-corrected chi connectivity index (χ1v) is 6.45. The summed E-state index contributed by atoms with van der Waals surface area (Å²) in [5.41, 5.74) is -1.52. The number of hydrogen-bond acceptors (Lipinski definition) is 4. The van der Waals surface area contributed by atoms with Crippen LogP contribution in [0.25, 0.3) is 21.5 Å². The summed E-state index contributed by atoms with van der Waals surface area (Å²) in [5, 5.41) is 0.855. The number of benzene rings is 1. The van der Waals surface area contributed by atoms with Crippen LogP contribution in [-0.2, 0) is 6.42 Å². The average Bonchev–Trinajstić information content (AvgIpc) is 2.85. The van der Waals surface area contributed by atoms with Gasteiger partial charge in [0.05, 0.1) is 21.5 Å². The van der Waals surface area contributed by atoms with Crippen molar-refractivity contribution in [2.24, 2.45) is 0 Å². The molecule has 0 saturated heterocycles. The number of rotatable bonds is 3. The Balaban J connectivity index is 2.60. The minimum absolute atomic E-state index is 0.185. The van der Waals surface area contributed by atoms with Crippen molar-refractivity contribution in [2.45, 2.75) is 26.2 Å². The predicted molar refractivity (Wildman–Crippen MR) is 76.2 cm³/mol. The number of unbranched alkanes of at least 4 members (excludes halogenated alkanes) is 1. The smallest absolute Gasteiger partial charge is 0.259 e. The molecule has 0 aliphatic rings. The van der Waals surface area contributed by atoms with Crippen molar-refractivity contribution in [1.82, 2.24) is 9.97 Å². The molecule has 102 valence electrons. The topological polar surface area (TPSA) is 99.9 Å². The molecule has 0 amide bonds. The van der Waals surface area contributed by atoms with Gasteiger partial charge in [-0.05, 0) is 24.5 Å². The zero-order chi connectivity index (χ0) is 14.4. The molecule has 2 N–H and O–H groups in total. The van der Waals surface area contributed by atoms with Gasteiger partial charge < -0.3 is 0 Å². The average molecular weight is 272 g/mol. The number of H-pyrrole nitrogens is 2. The van der Waals surface area contributed by atoms with Crippen LogP contribution in [0.5, 0.6) is 0 Å². The highest BCUT2D eigenvalue weighted by atomic mass is 16.2. The second kappa shape index (κ2) is 4.26. The van der Waals surface area contributed by atoms with E-state index in [0.717, 1.165) is 12.8 Å². The van der Waals surface area contributed by atoms with E-state index in [1.54, 1.807) is 0 Å². The Morgan fingerprint density at radius 1 is 0.850 bits per heavy atom. The molecule has 0 spiro atoms.